The van der Waals surface area contributed by atoms with Crippen LogP contribution in [0.3, 0.4) is 0 Å². The van der Waals surface area contributed by atoms with E-state index in [-0.39, 0.29) is 16.8 Å². The largest absolute Gasteiger partial charge is 0.466 e. The molecule has 1 aromatic rings. The normalized spacial score (nSPS) is 9.27. The van der Waals surface area contributed by atoms with Crippen LogP contribution < -0.4 is 0 Å². The average molecular weight is 173 g/mol. The Labute approximate surface area is 67.7 Å². The van der Waals surface area contributed by atoms with E-state index in [1.54, 1.807) is 0 Å². The van der Waals surface area contributed by atoms with Gasteiger partial charge in [-0.15, -0.1) is 0 Å². The smallest absolute Gasteiger partial charge is 0.197 e. The topological polar surface area (TPSA) is 30.1 Å². The third kappa shape index (κ3) is 1.44. The maximum atomic E-state index is 12.8. The van der Waals surface area contributed by atoms with E-state index in [0.29, 0.717) is 0 Å². The first-order valence-corrected chi connectivity index (χ1v) is 3.13. The molecule has 0 saturated heterocycles. The molecule has 0 radical (unpaired) electrons. The number of hydrogen-bond acceptors (Lipinski definition) is 2. The van der Waals surface area contributed by atoms with Gasteiger partial charge in [0.25, 0.3) is 5.82 Å². The van der Waals surface area contributed by atoms with Gasteiger partial charge in [0.1, 0.15) is 6.57 Å². The fourth-order valence-electron chi connectivity index (χ4n) is 0.596. The zero-order valence-electron chi connectivity index (χ0n) is 5.67. The van der Waals surface area contributed by atoms with Gasteiger partial charge in [-0.1, -0.05) is 0 Å². The van der Waals surface area contributed by atoms with E-state index < -0.39 is 5.82 Å². The molecule has 0 unspecified atom stereocenters. The van der Waals surface area contributed by atoms with E-state index in [1.165, 1.54) is 6.92 Å². The molecule has 0 amide bonds. The number of aromatic nitrogens is 2. The molecule has 1 aromatic heterocycles. The Bertz CT molecular complexity index is 331. The van der Waals surface area contributed by atoms with Crippen molar-refractivity contribution in [3.8, 4) is 6.57 Å². The summed E-state index contributed by atoms with van der Waals surface area (Å²) in [6.07, 6.45) is 0. The summed E-state index contributed by atoms with van der Waals surface area (Å²) in [5.74, 6) is -0.862. The predicted octanol–water partition coefficient (Wildman–Crippen LogP) is 2.17. The predicted molar refractivity (Wildman–Crippen MR) is 39.7 cm³/mol. The third-order valence-electron chi connectivity index (χ3n) is 1.09. The lowest BCUT2D eigenvalue weighted by Gasteiger charge is -1.88. The van der Waals surface area contributed by atoms with Crippen molar-refractivity contribution in [1.82, 2.24) is 9.97 Å². The van der Waals surface area contributed by atoms with Crippen molar-refractivity contribution in [1.29, 1.82) is 0 Å². The lowest BCUT2D eigenvalue weighted by atomic mass is 10.4. The van der Waals surface area contributed by atoms with Crippen LogP contribution in [0.4, 0.5) is 10.2 Å². The number of rotatable bonds is 0. The van der Waals surface area contributed by atoms with Crippen LogP contribution >= 0.6 is 11.6 Å². The highest BCUT2D eigenvalue weighted by Gasteiger charge is 2.18. The van der Waals surface area contributed by atoms with Crippen LogP contribution in [0.15, 0.2) is 0 Å². The van der Waals surface area contributed by atoms with Crippen LogP contribution in [0.2, 0.25) is 5.28 Å². The van der Waals surface area contributed by atoms with Gasteiger partial charge in [-0.2, -0.15) is 14.2 Å². The van der Waals surface area contributed by atoms with Crippen LogP contribution in [-0.4, -0.2) is 9.97 Å². The number of halogens is 2. The summed E-state index contributed by atoms with van der Waals surface area (Å²) in [5.41, 5.74) is 0.134. The Hall–Kier alpha value is -1.21. The summed E-state index contributed by atoms with van der Waals surface area (Å²) in [7, 11) is 0. The van der Waals surface area contributed by atoms with E-state index >= 15 is 0 Å². The molecule has 0 aliphatic carbocycles. The van der Waals surface area contributed by atoms with E-state index in [9.17, 15) is 4.39 Å². The molecule has 56 valence electrons. The number of aryl methyl sites for hydroxylation is 1. The lowest BCUT2D eigenvalue weighted by Crippen LogP contribution is -1.91. The molecule has 0 aliphatic rings. The molecule has 0 spiro atoms. The van der Waals surface area contributed by atoms with E-state index in [2.05, 4.69) is 14.8 Å². The van der Waals surface area contributed by atoms with Gasteiger partial charge in [0.15, 0.2) is 0 Å². The van der Waals surface area contributed by atoms with Crippen molar-refractivity contribution in [2.75, 3.05) is 0 Å². The molecule has 0 fully saturated rings. The summed E-state index contributed by atoms with van der Waals surface area (Å²) in [5, 5.41) is -0.0619. The Balaban J connectivity index is 3.39. The first-order valence-electron chi connectivity index (χ1n) is 2.75. The second-order valence-corrected chi connectivity index (χ2v) is 2.18. The van der Waals surface area contributed by atoms with Gasteiger partial charge >= 0.3 is 11.1 Å². The second-order valence-electron chi connectivity index (χ2n) is 1.84. The molecular formula is C6H4ClFN3+. The van der Waals surface area contributed by atoms with Gasteiger partial charge in [-0.05, 0) is 18.5 Å². The fourth-order valence-corrected chi connectivity index (χ4v) is 0.803. The van der Waals surface area contributed by atoms with E-state index in [4.69, 9.17) is 18.2 Å². The lowest BCUT2D eigenvalue weighted by molar-refractivity contribution is 0.609. The van der Waals surface area contributed by atoms with Crippen molar-refractivity contribution >= 4 is 17.4 Å². The summed E-state index contributed by atoms with van der Waals surface area (Å²) >= 11 is 5.40. The average Bonchev–Trinajstić information content (AvgIpc) is 1.96. The fraction of sp³-hybridized carbons (Fsp3) is 0.167. The Morgan fingerprint density at radius 2 is 2.18 bits per heavy atom. The van der Waals surface area contributed by atoms with Crippen LogP contribution in [0.1, 0.15) is 5.69 Å². The SMILES string of the molecule is C#[N+]c1nc(Cl)nc(C)c1F. The molecule has 0 saturated carbocycles. The molecule has 3 nitrogen and oxygen atoms in total. The maximum absolute atomic E-state index is 12.8. The zero-order chi connectivity index (χ0) is 8.43. The maximum Gasteiger partial charge on any atom is 0.466 e. The minimum atomic E-state index is -0.642. The van der Waals surface area contributed by atoms with E-state index in [0.717, 1.165) is 0 Å². The monoisotopic (exact) mass is 172 g/mol. The summed E-state index contributed by atoms with van der Waals surface area (Å²) in [6, 6.07) is 0. The highest BCUT2D eigenvalue weighted by atomic mass is 35.5. The summed E-state index contributed by atoms with van der Waals surface area (Å²) in [4.78, 5) is 10.1. The highest BCUT2D eigenvalue weighted by Crippen LogP contribution is 2.18. The van der Waals surface area contributed by atoms with Crippen LogP contribution in [0.25, 0.3) is 4.85 Å². The second kappa shape index (κ2) is 2.81. The molecular weight excluding hydrogens is 169 g/mol. The van der Waals surface area contributed by atoms with Crippen molar-refractivity contribution in [2.45, 2.75) is 6.92 Å². The Morgan fingerprint density at radius 1 is 1.55 bits per heavy atom. The minimum Gasteiger partial charge on any atom is -0.197 e. The molecule has 1 rings (SSSR count). The molecule has 0 aliphatic heterocycles. The molecule has 1 heterocycles. The van der Waals surface area contributed by atoms with Gasteiger partial charge in [0, 0.05) is 4.98 Å². The van der Waals surface area contributed by atoms with Crippen LogP contribution in [-0.2, 0) is 0 Å². The summed E-state index contributed by atoms with van der Waals surface area (Å²) in [6.45, 7) is 6.28. The number of nitrogens with zero attached hydrogens (tertiary/aromatic N) is 3. The highest BCUT2D eigenvalue weighted by molar-refractivity contribution is 6.28. The van der Waals surface area contributed by atoms with Crippen molar-refractivity contribution < 1.29 is 4.39 Å². The quantitative estimate of drug-likeness (QED) is 0.562. The molecule has 0 atom stereocenters. The molecule has 0 bridgehead atoms. The van der Waals surface area contributed by atoms with Crippen molar-refractivity contribution in [3.05, 3.63) is 21.6 Å². The molecule has 5 heteroatoms. The first kappa shape index (κ1) is 7.89. The number of hydrogen-bond donors (Lipinski definition) is 0. The van der Waals surface area contributed by atoms with Crippen LogP contribution in [0, 0.1) is 19.3 Å². The van der Waals surface area contributed by atoms with Gasteiger partial charge < -0.3 is 0 Å². The summed E-state index contributed by atoms with van der Waals surface area (Å²) < 4.78 is 12.8. The van der Waals surface area contributed by atoms with Crippen molar-refractivity contribution in [2.24, 2.45) is 0 Å². The van der Waals surface area contributed by atoms with Crippen molar-refractivity contribution in [3.63, 3.8) is 0 Å². The van der Waals surface area contributed by atoms with Gasteiger partial charge in [0.2, 0.25) is 0 Å². The Morgan fingerprint density at radius 3 is 2.73 bits per heavy atom. The standard InChI is InChI=1S/C6H4ClFN3/c1-3-4(8)5(9-2)11-6(7)10-3/h2H,1H3/q+1. The minimum absolute atomic E-state index is 0.0619. The van der Waals surface area contributed by atoms with E-state index in [1.807, 2.05) is 0 Å². The third-order valence-corrected chi connectivity index (χ3v) is 1.26. The van der Waals surface area contributed by atoms with Gasteiger partial charge in [-0.25, -0.2) is 0 Å². The Kier molecular flexibility index (Phi) is 2.01. The van der Waals surface area contributed by atoms with Gasteiger partial charge in [-0.3, -0.25) is 0 Å². The first-order chi connectivity index (χ1) is 5.15. The van der Waals surface area contributed by atoms with Gasteiger partial charge in [0.05, 0.1) is 5.69 Å². The molecule has 0 aromatic carbocycles. The molecule has 0 N–H and O–H groups in total. The zero-order valence-corrected chi connectivity index (χ0v) is 6.43. The van der Waals surface area contributed by atoms with Crippen LogP contribution in [0.5, 0.6) is 0 Å². The molecule has 11 heavy (non-hydrogen) atoms.